The second-order valence-electron chi connectivity index (χ2n) is 4.13. The quantitative estimate of drug-likeness (QED) is 0.679. The van der Waals surface area contributed by atoms with Gasteiger partial charge < -0.3 is 9.88 Å². The molecule has 0 bridgehead atoms. The lowest BCUT2D eigenvalue weighted by atomic mass is 10.2. The third kappa shape index (κ3) is 3.13. The largest absolute Gasteiger partial charge is 0.313 e. The van der Waals surface area contributed by atoms with Crippen LogP contribution in [0.2, 0.25) is 0 Å². The molecule has 0 saturated carbocycles. The highest BCUT2D eigenvalue weighted by atomic mass is 32.2. The van der Waals surface area contributed by atoms with E-state index in [-0.39, 0.29) is 11.3 Å². The number of hydrogen-bond donors (Lipinski definition) is 1. The Morgan fingerprint density at radius 1 is 1.15 bits per heavy atom. The summed E-state index contributed by atoms with van der Waals surface area (Å²) in [5.74, 6) is -2.13. The third-order valence-electron chi connectivity index (χ3n) is 2.71. The van der Waals surface area contributed by atoms with Gasteiger partial charge in [-0.1, -0.05) is 11.8 Å². The van der Waals surface area contributed by atoms with E-state index in [1.807, 2.05) is 0 Å². The molecule has 0 unspecified atom stereocenters. The first-order valence-electron chi connectivity index (χ1n) is 5.82. The van der Waals surface area contributed by atoms with Gasteiger partial charge in [0.1, 0.15) is 11.6 Å². The van der Waals surface area contributed by atoms with Crippen molar-refractivity contribution in [2.75, 3.05) is 7.05 Å². The molecule has 1 heterocycles. The molecule has 1 aromatic carbocycles. The summed E-state index contributed by atoms with van der Waals surface area (Å²) in [5.41, 5.74) is 0.0899. The first-order valence-corrected chi connectivity index (χ1v) is 6.80. The predicted molar refractivity (Wildman–Crippen MR) is 69.6 cm³/mol. The van der Waals surface area contributed by atoms with Crippen molar-refractivity contribution in [2.24, 2.45) is 7.05 Å². The molecule has 4 nitrogen and oxygen atoms in total. The zero-order chi connectivity index (χ0) is 14.7. The monoisotopic (exact) mass is 302 g/mol. The summed E-state index contributed by atoms with van der Waals surface area (Å²) in [6, 6.07) is 1.41. The first-order chi connectivity index (χ1) is 9.52. The van der Waals surface area contributed by atoms with E-state index in [0.29, 0.717) is 17.8 Å². The predicted octanol–water partition coefficient (Wildman–Crippen LogP) is 2.24. The summed E-state index contributed by atoms with van der Waals surface area (Å²) in [6.45, 7) is 0.559. The van der Waals surface area contributed by atoms with Crippen LogP contribution in [0.5, 0.6) is 0 Å². The van der Waals surface area contributed by atoms with Gasteiger partial charge in [-0.25, -0.2) is 13.2 Å². The van der Waals surface area contributed by atoms with Gasteiger partial charge in [-0.2, -0.15) is 0 Å². The fraction of sp³-hybridized carbons (Fsp3) is 0.333. The topological polar surface area (TPSA) is 42.7 Å². The van der Waals surface area contributed by atoms with E-state index in [4.69, 9.17) is 0 Å². The highest BCUT2D eigenvalue weighted by Gasteiger charge is 2.13. The SMILES string of the molecule is CNCc1nnc(SCc2cc(F)c(F)cc2F)n1C. The molecule has 8 heteroatoms. The third-order valence-corrected chi connectivity index (χ3v) is 3.78. The molecule has 2 rings (SSSR count). The van der Waals surface area contributed by atoms with Crippen LogP contribution in [0.4, 0.5) is 13.2 Å². The average molecular weight is 302 g/mol. The summed E-state index contributed by atoms with van der Waals surface area (Å²) >= 11 is 1.21. The summed E-state index contributed by atoms with van der Waals surface area (Å²) in [4.78, 5) is 0. The Morgan fingerprint density at radius 3 is 2.55 bits per heavy atom. The van der Waals surface area contributed by atoms with Gasteiger partial charge in [0.15, 0.2) is 16.8 Å². The van der Waals surface area contributed by atoms with Crippen molar-refractivity contribution in [3.05, 3.63) is 41.0 Å². The van der Waals surface area contributed by atoms with E-state index in [1.54, 1.807) is 18.7 Å². The molecule has 0 saturated heterocycles. The number of nitrogens with zero attached hydrogens (tertiary/aromatic N) is 3. The minimum atomic E-state index is -1.19. The van der Waals surface area contributed by atoms with Crippen molar-refractivity contribution >= 4 is 11.8 Å². The Balaban J connectivity index is 2.11. The Labute approximate surface area is 118 Å². The van der Waals surface area contributed by atoms with Gasteiger partial charge in [0.2, 0.25) is 0 Å². The summed E-state index contributed by atoms with van der Waals surface area (Å²) < 4.78 is 41.1. The molecule has 0 atom stereocenters. The lowest BCUT2D eigenvalue weighted by molar-refractivity contribution is 0.492. The minimum Gasteiger partial charge on any atom is -0.313 e. The summed E-state index contributed by atoms with van der Waals surface area (Å²) in [6.07, 6.45) is 0. The van der Waals surface area contributed by atoms with E-state index in [9.17, 15) is 13.2 Å². The maximum absolute atomic E-state index is 13.5. The van der Waals surface area contributed by atoms with Gasteiger partial charge in [0, 0.05) is 24.4 Å². The zero-order valence-corrected chi connectivity index (χ0v) is 11.8. The van der Waals surface area contributed by atoms with Crippen LogP contribution in [0.25, 0.3) is 0 Å². The molecular formula is C12H13F3N4S. The minimum absolute atomic E-state index is 0.0899. The van der Waals surface area contributed by atoms with Gasteiger partial charge in [0.05, 0.1) is 6.54 Å². The number of halogens is 3. The van der Waals surface area contributed by atoms with E-state index >= 15 is 0 Å². The molecule has 0 amide bonds. The van der Waals surface area contributed by atoms with Gasteiger partial charge in [0.25, 0.3) is 0 Å². The van der Waals surface area contributed by atoms with Gasteiger partial charge in [-0.05, 0) is 13.1 Å². The smallest absolute Gasteiger partial charge is 0.191 e. The molecule has 2 aromatic rings. The number of benzene rings is 1. The van der Waals surface area contributed by atoms with Crippen molar-refractivity contribution in [3.8, 4) is 0 Å². The van der Waals surface area contributed by atoms with Crippen LogP contribution in [0, 0.1) is 17.5 Å². The van der Waals surface area contributed by atoms with Crippen molar-refractivity contribution in [1.29, 1.82) is 0 Å². The number of nitrogens with one attached hydrogen (secondary N) is 1. The molecule has 20 heavy (non-hydrogen) atoms. The average Bonchev–Trinajstić information content (AvgIpc) is 2.74. The van der Waals surface area contributed by atoms with E-state index in [0.717, 1.165) is 11.9 Å². The van der Waals surface area contributed by atoms with Crippen LogP contribution < -0.4 is 5.32 Å². The van der Waals surface area contributed by atoms with Crippen molar-refractivity contribution in [2.45, 2.75) is 17.5 Å². The Bertz CT molecular complexity index is 615. The molecule has 1 aromatic heterocycles. The fourth-order valence-electron chi connectivity index (χ4n) is 1.60. The summed E-state index contributed by atoms with van der Waals surface area (Å²) in [7, 11) is 3.58. The highest BCUT2D eigenvalue weighted by Crippen LogP contribution is 2.24. The van der Waals surface area contributed by atoms with Crippen molar-refractivity contribution in [1.82, 2.24) is 20.1 Å². The maximum Gasteiger partial charge on any atom is 0.191 e. The van der Waals surface area contributed by atoms with Crippen LogP contribution in [0.1, 0.15) is 11.4 Å². The van der Waals surface area contributed by atoms with E-state index < -0.39 is 17.5 Å². The number of aromatic nitrogens is 3. The van der Waals surface area contributed by atoms with Crippen LogP contribution in [-0.2, 0) is 19.3 Å². The molecule has 108 valence electrons. The van der Waals surface area contributed by atoms with Crippen molar-refractivity contribution in [3.63, 3.8) is 0 Å². The molecule has 0 aliphatic rings. The van der Waals surface area contributed by atoms with Crippen LogP contribution >= 0.6 is 11.8 Å². The zero-order valence-electron chi connectivity index (χ0n) is 11.0. The Hall–Kier alpha value is -1.54. The van der Waals surface area contributed by atoms with E-state index in [1.165, 1.54) is 11.8 Å². The van der Waals surface area contributed by atoms with Gasteiger partial charge in [-0.15, -0.1) is 10.2 Å². The second kappa shape index (κ2) is 6.27. The lowest BCUT2D eigenvalue weighted by Crippen LogP contribution is -2.10. The van der Waals surface area contributed by atoms with Crippen LogP contribution in [-0.4, -0.2) is 21.8 Å². The molecule has 0 aliphatic carbocycles. The second-order valence-corrected chi connectivity index (χ2v) is 5.08. The molecule has 0 aliphatic heterocycles. The van der Waals surface area contributed by atoms with E-state index in [2.05, 4.69) is 15.5 Å². The van der Waals surface area contributed by atoms with Gasteiger partial charge in [-0.3, -0.25) is 0 Å². The van der Waals surface area contributed by atoms with Crippen LogP contribution in [0.15, 0.2) is 17.3 Å². The fourth-order valence-corrected chi connectivity index (χ4v) is 2.50. The maximum atomic E-state index is 13.5. The lowest BCUT2D eigenvalue weighted by Gasteiger charge is -2.05. The molecule has 0 radical (unpaired) electrons. The van der Waals surface area contributed by atoms with Crippen molar-refractivity contribution < 1.29 is 13.2 Å². The normalized spacial score (nSPS) is 11.1. The van der Waals surface area contributed by atoms with Crippen LogP contribution in [0.3, 0.4) is 0 Å². The Kier molecular flexibility index (Phi) is 4.66. The molecule has 0 spiro atoms. The molecular weight excluding hydrogens is 289 g/mol. The number of hydrogen-bond acceptors (Lipinski definition) is 4. The first kappa shape index (κ1) is 14.9. The number of thioether (sulfide) groups is 1. The Morgan fingerprint density at radius 2 is 1.85 bits per heavy atom. The molecule has 1 N–H and O–H groups in total. The number of rotatable bonds is 5. The summed E-state index contributed by atoms with van der Waals surface area (Å²) in [5, 5.41) is 11.5. The van der Waals surface area contributed by atoms with Gasteiger partial charge >= 0.3 is 0 Å². The molecule has 0 fully saturated rings. The highest BCUT2D eigenvalue weighted by molar-refractivity contribution is 7.98. The standard InChI is InChI=1S/C12H13F3N4S/c1-16-5-11-17-18-12(19(11)2)20-6-7-3-9(14)10(15)4-8(7)13/h3-4,16H,5-6H2,1-2H3.